The quantitative estimate of drug-likeness (QED) is 0.639. The summed E-state index contributed by atoms with van der Waals surface area (Å²) in [6.07, 6.45) is 1.94. The minimum absolute atomic E-state index is 0.510. The molecule has 0 N–H and O–H groups in total. The maximum atomic E-state index is 6.10. The first-order valence-electron chi connectivity index (χ1n) is 5.14. The summed E-state index contributed by atoms with van der Waals surface area (Å²) in [5.41, 5.74) is 1.89. The van der Waals surface area contributed by atoms with Crippen LogP contribution in [0.25, 0.3) is 16.9 Å². The number of imidazole rings is 1. The molecular weight excluding hydrogens is 255 g/mol. The zero-order chi connectivity index (χ0) is 11.8. The SMILES string of the molecule is Clc1ccc(-c2nc(Cl)c3ccccn23)cc1. The summed E-state index contributed by atoms with van der Waals surface area (Å²) >= 11 is 12.0. The molecule has 0 amide bonds. The van der Waals surface area contributed by atoms with Crippen molar-refractivity contribution >= 4 is 28.7 Å². The summed E-state index contributed by atoms with van der Waals surface area (Å²) in [7, 11) is 0. The van der Waals surface area contributed by atoms with E-state index >= 15 is 0 Å². The Morgan fingerprint density at radius 2 is 1.71 bits per heavy atom. The molecule has 0 unspecified atom stereocenters. The van der Waals surface area contributed by atoms with Crippen LogP contribution >= 0.6 is 23.2 Å². The Balaban J connectivity index is 2.27. The number of aromatic nitrogens is 2. The molecule has 84 valence electrons. The fourth-order valence-corrected chi connectivity index (χ4v) is 2.16. The van der Waals surface area contributed by atoms with Gasteiger partial charge in [-0.15, -0.1) is 0 Å². The molecule has 4 heteroatoms. The average molecular weight is 263 g/mol. The molecule has 0 spiro atoms. The topological polar surface area (TPSA) is 17.3 Å². The Morgan fingerprint density at radius 1 is 0.941 bits per heavy atom. The van der Waals surface area contributed by atoms with Gasteiger partial charge in [0.2, 0.25) is 0 Å². The van der Waals surface area contributed by atoms with Gasteiger partial charge in [-0.1, -0.05) is 29.3 Å². The van der Waals surface area contributed by atoms with Crippen molar-refractivity contribution in [2.75, 3.05) is 0 Å². The van der Waals surface area contributed by atoms with Crippen LogP contribution < -0.4 is 0 Å². The summed E-state index contributed by atoms with van der Waals surface area (Å²) in [4.78, 5) is 4.37. The van der Waals surface area contributed by atoms with Crippen LogP contribution in [0.3, 0.4) is 0 Å². The maximum Gasteiger partial charge on any atom is 0.155 e. The number of nitrogens with zero attached hydrogens (tertiary/aromatic N) is 2. The van der Waals surface area contributed by atoms with Crippen molar-refractivity contribution in [1.29, 1.82) is 0 Å². The van der Waals surface area contributed by atoms with Gasteiger partial charge >= 0.3 is 0 Å². The van der Waals surface area contributed by atoms with Crippen LogP contribution in [0.15, 0.2) is 48.7 Å². The summed E-state index contributed by atoms with van der Waals surface area (Å²) in [5, 5.41) is 1.22. The van der Waals surface area contributed by atoms with E-state index in [4.69, 9.17) is 23.2 Å². The Kier molecular flexibility index (Phi) is 2.54. The normalized spacial score (nSPS) is 10.9. The molecule has 0 aliphatic rings. The molecule has 2 heterocycles. The van der Waals surface area contributed by atoms with E-state index in [1.807, 2.05) is 53.1 Å². The van der Waals surface area contributed by atoms with Gasteiger partial charge in [-0.05, 0) is 36.4 Å². The van der Waals surface area contributed by atoms with Crippen molar-refractivity contribution in [2.45, 2.75) is 0 Å². The molecule has 2 nitrogen and oxygen atoms in total. The molecule has 3 rings (SSSR count). The van der Waals surface area contributed by atoms with Gasteiger partial charge in [-0.25, -0.2) is 4.98 Å². The monoisotopic (exact) mass is 262 g/mol. The van der Waals surface area contributed by atoms with Crippen LogP contribution in [0.2, 0.25) is 10.2 Å². The van der Waals surface area contributed by atoms with Gasteiger partial charge < -0.3 is 0 Å². The van der Waals surface area contributed by atoms with Crippen molar-refractivity contribution in [3.8, 4) is 11.4 Å². The molecule has 0 aliphatic heterocycles. The number of hydrogen-bond acceptors (Lipinski definition) is 1. The standard InChI is InChI=1S/C13H8Cl2N2/c14-10-6-4-9(5-7-10)13-16-12(15)11-3-1-2-8-17(11)13/h1-8H. The highest BCUT2D eigenvalue weighted by Gasteiger charge is 2.09. The predicted octanol–water partition coefficient (Wildman–Crippen LogP) is 4.31. The highest BCUT2D eigenvalue weighted by molar-refractivity contribution is 6.33. The first-order chi connectivity index (χ1) is 8.25. The smallest absolute Gasteiger partial charge is 0.155 e. The average Bonchev–Trinajstić information content (AvgIpc) is 2.69. The lowest BCUT2D eigenvalue weighted by Gasteiger charge is -2.00. The van der Waals surface area contributed by atoms with E-state index in [1.165, 1.54) is 0 Å². The molecule has 0 atom stereocenters. The van der Waals surface area contributed by atoms with Gasteiger partial charge in [0, 0.05) is 16.8 Å². The van der Waals surface area contributed by atoms with E-state index in [-0.39, 0.29) is 0 Å². The molecule has 0 fully saturated rings. The molecule has 0 aliphatic carbocycles. The summed E-state index contributed by atoms with van der Waals surface area (Å²) in [5.74, 6) is 0.822. The second kappa shape index (κ2) is 4.06. The third-order valence-electron chi connectivity index (χ3n) is 2.61. The number of pyridine rings is 1. The lowest BCUT2D eigenvalue weighted by molar-refractivity contribution is 1.16. The van der Waals surface area contributed by atoms with Crippen LogP contribution in [0.5, 0.6) is 0 Å². The second-order valence-corrected chi connectivity index (χ2v) is 4.48. The van der Waals surface area contributed by atoms with Gasteiger partial charge in [-0.2, -0.15) is 0 Å². The fraction of sp³-hybridized carbons (Fsp3) is 0. The van der Waals surface area contributed by atoms with Gasteiger partial charge in [0.1, 0.15) is 5.82 Å². The van der Waals surface area contributed by atoms with E-state index < -0.39 is 0 Å². The van der Waals surface area contributed by atoms with Crippen LogP contribution in [0.4, 0.5) is 0 Å². The summed E-state index contributed by atoms with van der Waals surface area (Å²) in [6.45, 7) is 0. The Morgan fingerprint density at radius 3 is 2.47 bits per heavy atom. The number of halogens is 2. The minimum Gasteiger partial charge on any atom is -0.298 e. The third-order valence-corrected chi connectivity index (χ3v) is 3.14. The zero-order valence-corrected chi connectivity index (χ0v) is 10.3. The van der Waals surface area contributed by atoms with Gasteiger partial charge in [-0.3, -0.25) is 4.40 Å². The molecule has 3 aromatic rings. The number of benzene rings is 1. The predicted molar refractivity (Wildman–Crippen MR) is 70.6 cm³/mol. The van der Waals surface area contributed by atoms with E-state index in [9.17, 15) is 0 Å². The molecule has 2 aromatic heterocycles. The molecule has 0 saturated heterocycles. The van der Waals surface area contributed by atoms with E-state index in [0.29, 0.717) is 10.2 Å². The van der Waals surface area contributed by atoms with E-state index in [1.54, 1.807) is 0 Å². The van der Waals surface area contributed by atoms with Gasteiger partial charge in [0.05, 0.1) is 5.52 Å². The first kappa shape index (κ1) is 10.6. The number of hydrogen-bond donors (Lipinski definition) is 0. The Bertz CT molecular complexity index is 671. The largest absolute Gasteiger partial charge is 0.298 e. The van der Waals surface area contributed by atoms with Crippen molar-refractivity contribution in [3.63, 3.8) is 0 Å². The number of fused-ring (bicyclic) bond motifs is 1. The maximum absolute atomic E-state index is 6.10. The van der Waals surface area contributed by atoms with Crippen molar-refractivity contribution in [3.05, 3.63) is 58.8 Å². The van der Waals surface area contributed by atoms with Gasteiger partial charge in [0.25, 0.3) is 0 Å². The molecular formula is C13H8Cl2N2. The summed E-state index contributed by atoms with van der Waals surface area (Å²) < 4.78 is 1.96. The van der Waals surface area contributed by atoms with E-state index in [2.05, 4.69) is 4.98 Å². The first-order valence-corrected chi connectivity index (χ1v) is 5.90. The van der Waals surface area contributed by atoms with Crippen LogP contribution in [0, 0.1) is 0 Å². The third kappa shape index (κ3) is 1.79. The highest BCUT2D eigenvalue weighted by Crippen LogP contribution is 2.26. The van der Waals surface area contributed by atoms with Crippen molar-refractivity contribution in [2.24, 2.45) is 0 Å². The minimum atomic E-state index is 0.510. The van der Waals surface area contributed by atoms with Crippen LogP contribution in [-0.4, -0.2) is 9.38 Å². The molecule has 0 saturated carbocycles. The van der Waals surface area contributed by atoms with Crippen LogP contribution in [0.1, 0.15) is 0 Å². The molecule has 1 aromatic carbocycles. The van der Waals surface area contributed by atoms with Crippen molar-refractivity contribution < 1.29 is 0 Å². The molecule has 17 heavy (non-hydrogen) atoms. The zero-order valence-electron chi connectivity index (χ0n) is 8.77. The van der Waals surface area contributed by atoms with E-state index in [0.717, 1.165) is 16.9 Å². The Labute approximate surface area is 108 Å². The van der Waals surface area contributed by atoms with Gasteiger partial charge in [0.15, 0.2) is 5.15 Å². The fourth-order valence-electron chi connectivity index (χ4n) is 1.80. The highest BCUT2D eigenvalue weighted by atomic mass is 35.5. The summed E-state index contributed by atoms with van der Waals surface area (Å²) in [6, 6.07) is 13.4. The number of rotatable bonds is 1. The molecule has 0 bridgehead atoms. The van der Waals surface area contributed by atoms with Crippen molar-refractivity contribution in [1.82, 2.24) is 9.38 Å². The van der Waals surface area contributed by atoms with Crippen LogP contribution in [-0.2, 0) is 0 Å². The molecule has 0 radical (unpaired) electrons. The second-order valence-electron chi connectivity index (χ2n) is 3.69. The lowest BCUT2D eigenvalue weighted by Crippen LogP contribution is -1.87. The lowest BCUT2D eigenvalue weighted by atomic mass is 10.2. The Hall–Kier alpha value is -1.51.